The van der Waals surface area contributed by atoms with E-state index >= 15 is 0 Å². The summed E-state index contributed by atoms with van der Waals surface area (Å²) >= 11 is 0. The first-order chi connectivity index (χ1) is 6.75. The Morgan fingerprint density at radius 1 is 0.688 bits per heavy atom. The van der Waals surface area contributed by atoms with Crippen LogP contribution in [0.4, 0.5) is 0 Å². The zero-order chi connectivity index (χ0) is 13.0. The van der Waals surface area contributed by atoms with Crippen molar-refractivity contribution in [2.45, 2.75) is 88.6 Å². The first kappa shape index (κ1) is 12.9. The molecule has 2 aliphatic heterocycles. The average Bonchev–Trinajstić information content (AvgIpc) is 2.57. The van der Waals surface area contributed by atoms with Crippen molar-refractivity contribution < 1.29 is 0 Å². The molecule has 96 valence electrons. The van der Waals surface area contributed by atoms with E-state index < -0.39 is 15.2 Å². The monoisotopic (exact) mass is 255 g/mol. The van der Waals surface area contributed by atoms with Gasteiger partial charge >= 0.3 is 104 Å². The summed E-state index contributed by atoms with van der Waals surface area (Å²) in [5, 5.41) is 2.72. The molecule has 2 fully saturated rings. The van der Waals surface area contributed by atoms with Gasteiger partial charge in [0.05, 0.1) is 0 Å². The predicted molar refractivity (Wildman–Crippen MR) is 80.8 cm³/mol. The second-order valence-corrected chi connectivity index (χ2v) is 26.5. The Labute approximate surface area is 104 Å². The van der Waals surface area contributed by atoms with E-state index in [9.17, 15) is 0 Å². The molecule has 0 spiro atoms. The summed E-state index contributed by atoms with van der Waals surface area (Å²) in [6, 6.07) is 0. The minimum absolute atomic E-state index is 0.671. The topological polar surface area (TPSA) is 0 Å². The van der Waals surface area contributed by atoms with E-state index in [2.05, 4.69) is 68.5 Å². The molecule has 2 heteroatoms. The first-order valence-electron chi connectivity index (χ1n) is 6.94. The molecule has 0 aromatic heterocycles. The van der Waals surface area contributed by atoms with Crippen molar-refractivity contribution in [2.24, 2.45) is 0 Å². The van der Waals surface area contributed by atoms with Crippen molar-refractivity contribution >= 4 is 15.2 Å². The Bertz CT molecular complexity index is 297. The van der Waals surface area contributed by atoms with Crippen molar-refractivity contribution in [3.05, 3.63) is 0 Å². The Morgan fingerprint density at radius 2 is 0.938 bits per heavy atom. The fourth-order valence-electron chi connectivity index (χ4n) is 6.38. The van der Waals surface area contributed by atoms with Crippen LogP contribution in [0.15, 0.2) is 0 Å². The van der Waals surface area contributed by atoms with Gasteiger partial charge in [0.25, 0.3) is 0 Å². The third-order valence-corrected chi connectivity index (χ3v) is 40.7. The summed E-state index contributed by atoms with van der Waals surface area (Å²) < 4.78 is 0. The molecule has 2 aliphatic rings. The molecule has 0 aliphatic carbocycles. The predicted octanol–water partition coefficient (Wildman–Crippen LogP) is 5.10. The van der Waals surface area contributed by atoms with Gasteiger partial charge in [0.15, 0.2) is 0 Å². The SMILES string of the molecule is CC1(C)C(C)(C)[Si]1(C)[SiH-]1(C)C(C)(C)C1(C)C. The van der Waals surface area contributed by atoms with Crippen LogP contribution < -0.4 is 0 Å². The van der Waals surface area contributed by atoms with Crippen LogP contribution in [-0.2, 0) is 0 Å². The normalized spacial score (nSPS) is 39.9. The molecule has 0 N–H and O–H groups in total. The summed E-state index contributed by atoms with van der Waals surface area (Å²) in [5.41, 5.74) is 0. The van der Waals surface area contributed by atoms with Crippen molar-refractivity contribution in [3.8, 4) is 0 Å². The molecule has 0 nitrogen and oxygen atoms in total. The van der Waals surface area contributed by atoms with Gasteiger partial charge in [-0.2, -0.15) is 0 Å². The molecule has 0 aromatic carbocycles. The molecule has 0 saturated carbocycles. The third kappa shape index (κ3) is 0.737. The summed E-state index contributed by atoms with van der Waals surface area (Å²) in [4.78, 5) is 0. The van der Waals surface area contributed by atoms with Crippen LogP contribution in [0.3, 0.4) is 0 Å². The van der Waals surface area contributed by atoms with E-state index in [1.807, 2.05) is 0 Å². The maximum atomic E-state index is 2.76. The van der Waals surface area contributed by atoms with Gasteiger partial charge in [-0.05, 0) is 0 Å². The molecule has 16 heavy (non-hydrogen) atoms. The second kappa shape index (κ2) is 2.42. The van der Waals surface area contributed by atoms with E-state index in [-0.39, 0.29) is 0 Å². The van der Waals surface area contributed by atoms with Gasteiger partial charge < -0.3 is 0 Å². The molecular weight excluding hydrogens is 224 g/mol. The van der Waals surface area contributed by atoms with Gasteiger partial charge in [0.1, 0.15) is 0 Å². The first-order valence-corrected chi connectivity index (χ1v) is 13.6. The van der Waals surface area contributed by atoms with Crippen molar-refractivity contribution in [1.29, 1.82) is 0 Å². The van der Waals surface area contributed by atoms with E-state index in [0.717, 1.165) is 0 Å². The molecule has 0 atom stereocenters. The standard InChI is InChI=1S/C14H31Si2/c1-11(2)12(3,4)15(11,9)16(10)13(5,6)14(16,7)8/h15H,1-10H3/q-1. The molecule has 2 rings (SSSR count). The van der Waals surface area contributed by atoms with Crippen molar-refractivity contribution in [1.82, 2.24) is 0 Å². The van der Waals surface area contributed by atoms with Crippen molar-refractivity contribution in [2.75, 3.05) is 0 Å². The number of hydrogen-bond acceptors (Lipinski definition) is 0. The maximum absolute atomic E-state index is 2.76. The van der Waals surface area contributed by atoms with Gasteiger partial charge in [-0.3, -0.25) is 0 Å². The Hall–Kier alpha value is 0.434. The van der Waals surface area contributed by atoms with Crippen LogP contribution in [0.1, 0.15) is 55.4 Å². The fraction of sp³-hybridized carbons (Fsp3) is 1.00. The molecule has 0 radical (unpaired) electrons. The van der Waals surface area contributed by atoms with Gasteiger partial charge in [0.2, 0.25) is 0 Å². The van der Waals surface area contributed by atoms with Crippen molar-refractivity contribution in [3.63, 3.8) is 0 Å². The minimum atomic E-state index is -1.42. The molecule has 0 aromatic rings. The van der Waals surface area contributed by atoms with E-state index in [0.29, 0.717) is 20.2 Å². The van der Waals surface area contributed by atoms with Crippen LogP contribution in [0.5, 0.6) is 0 Å². The zero-order valence-electron chi connectivity index (χ0n) is 13.1. The van der Waals surface area contributed by atoms with Gasteiger partial charge in [-0.1, -0.05) is 0 Å². The summed E-state index contributed by atoms with van der Waals surface area (Å²) in [5.74, 6) is 0. The van der Waals surface area contributed by atoms with Gasteiger partial charge in [0, 0.05) is 0 Å². The second-order valence-electron chi connectivity index (χ2n) is 9.19. The molecular formula is C14H31Si2-. The summed E-state index contributed by atoms with van der Waals surface area (Å²) in [7, 11) is -2.48. The van der Waals surface area contributed by atoms with Crippen LogP contribution in [0.25, 0.3) is 0 Å². The molecule has 2 saturated heterocycles. The van der Waals surface area contributed by atoms with Crippen LogP contribution in [0.2, 0.25) is 33.2 Å². The Balaban J connectivity index is 2.53. The third-order valence-electron chi connectivity index (χ3n) is 9.72. The quantitative estimate of drug-likeness (QED) is 0.572. The fourth-order valence-corrected chi connectivity index (χ4v) is 42.7. The van der Waals surface area contributed by atoms with E-state index in [4.69, 9.17) is 0 Å². The molecule has 0 bridgehead atoms. The van der Waals surface area contributed by atoms with Gasteiger partial charge in [-0.15, -0.1) is 0 Å². The van der Waals surface area contributed by atoms with Crippen LogP contribution >= 0.6 is 0 Å². The summed E-state index contributed by atoms with van der Waals surface area (Å²) in [6.45, 7) is 26.0. The number of hydrogen-bond donors (Lipinski definition) is 0. The summed E-state index contributed by atoms with van der Waals surface area (Å²) in [6.07, 6.45) is 0. The Kier molecular flexibility index (Phi) is 1.95. The van der Waals surface area contributed by atoms with Crippen LogP contribution in [0, 0.1) is 0 Å². The molecule has 2 heterocycles. The average molecular weight is 256 g/mol. The van der Waals surface area contributed by atoms with Crippen LogP contribution in [-0.4, -0.2) is 15.2 Å². The Morgan fingerprint density at radius 3 is 1.00 bits per heavy atom. The molecule has 0 amide bonds. The van der Waals surface area contributed by atoms with Gasteiger partial charge in [-0.25, -0.2) is 0 Å². The zero-order valence-corrected chi connectivity index (χ0v) is 15.2. The van der Waals surface area contributed by atoms with E-state index in [1.54, 1.807) is 0 Å². The number of rotatable bonds is 1. The molecule has 0 unspecified atom stereocenters. The van der Waals surface area contributed by atoms with E-state index in [1.165, 1.54) is 0 Å².